The Bertz CT molecular complexity index is 1060. The predicted molar refractivity (Wildman–Crippen MR) is 104 cm³/mol. The summed E-state index contributed by atoms with van der Waals surface area (Å²) < 4.78 is 27.0. The van der Waals surface area contributed by atoms with Crippen LogP contribution in [0.3, 0.4) is 0 Å². The Kier molecular flexibility index (Phi) is 4.98. The van der Waals surface area contributed by atoms with E-state index in [1.165, 1.54) is 4.31 Å². The molecule has 2 aromatic carbocycles. The van der Waals surface area contributed by atoms with Crippen LogP contribution in [0.5, 0.6) is 0 Å². The van der Waals surface area contributed by atoms with Crippen molar-refractivity contribution < 1.29 is 13.2 Å². The Hall–Kier alpha value is -2.44. The fourth-order valence-electron chi connectivity index (χ4n) is 3.25. The molecule has 3 rings (SSSR count). The van der Waals surface area contributed by atoms with Crippen LogP contribution >= 0.6 is 0 Å². The zero-order valence-electron chi connectivity index (χ0n) is 15.1. The second-order valence-corrected chi connectivity index (χ2v) is 8.08. The van der Waals surface area contributed by atoms with E-state index in [1.807, 2.05) is 45.0 Å². The van der Waals surface area contributed by atoms with E-state index >= 15 is 0 Å². The molecular formula is C20H22N2O3S. The molecule has 26 heavy (non-hydrogen) atoms. The van der Waals surface area contributed by atoms with Crippen molar-refractivity contribution in [3.63, 3.8) is 0 Å². The quantitative estimate of drug-likeness (QED) is 0.667. The average Bonchev–Trinajstić information content (AvgIpc) is 3.00. The molecule has 5 nitrogen and oxygen atoms in total. The fourth-order valence-corrected chi connectivity index (χ4v) is 4.74. The molecule has 0 saturated carbocycles. The monoisotopic (exact) mass is 370 g/mol. The molecule has 0 aliphatic heterocycles. The van der Waals surface area contributed by atoms with E-state index in [2.05, 4.69) is 4.98 Å². The molecule has 0 unspecified atom stereocenters. The Morgan fingerprint density at radius 3 is 2.38 bits per heavy atom. The molecular weight excluding hydrogens is 348 g/mol. The van der Waals surface area contributed by atoms with Crippen LogP contribution in [0.2, 0.25) is 0 Å². The molecule has 0 aliphatic rings. The molecule has 0 saturated heterocycles. The van der Waals surface area contributed by atoms with Crippen molar-refractivity contribution in [2.24, 2.45) is 0 Å². The van der Waals surface area contributed by atoms with Crippen LogP contribution in [0, 0.1) is 6.92 Å². The van der Waals surface area contributed by atoms with Gasteiger partial charge in [-0.1, -0.05) is 38.1 Å². The van der Waals surface area contributed by atoms with Crippen molar-refractivity contribution in [1.29, 1.82) is 0 Å². The van der Waals surface area contributed by atoms with Gasteiger partial charge in [0.05, 0.1) is 10.6 Å². The van der Waals surface area contributed by atoms with Crippen LogP contribution in [-0.2, 0) is 10.0 Å². The number of carbonyl (C=O) groups is 1. The first-order valence-electron chi connectivity index (χ1n) is 8.61. The number of sulfonamides is 1. The first kappa shape index (κ1) is 18.4. The number of hydrogen-bond acceptors (Lipinski definition) is 3. The number of nitrogens with one attached hydrogen (secondary N) is 1. The third-order valence-electron chi connectivity index (χ3n) is 4.69. The maximum absolute atomic E-state index is 12.8. The highest BCUT2D eigenvalue weighted by molar-refractivity contribution is 7.89. The Morgan fingerprint density at radius 1 is 1.08 bits per heavy atom. The maximum atomic E-state index is 12.8. The molecule has 0 aliphatic carbocycles. The van der Waals surface area contributed by atoms with Gasteiger partial charge in [-0.3, -0.25) is 4.79 Å². The van der Waals surface area contributed by atoms with Crippen LogP contribution < -0.4 is 0 Å². The van der Waals surface area contributed by atoms with Crippen molar-refractivity contribution in [3.05, 3.63) is 53.6 Å². The van der Waals surface area contributed by atoms with Gasteiger partial charge in [0.15, 0.2) is 6.29 Å². The number of aldehydes is 1. The topological polar surface area (TPSA) is 70.2 Å². The third-order valence-corrected chi connectivity index (χ3v) is 6.73. The van der Waals surface area contributed by atoms with E-state index in [0.29, 0.717) is 29.7 Å². The largest absolute Gasteiger partial charge is 0.354 e. The molecule has 0 radical (unpaired) electrons. The average molecular weight is 370 g/mol. The highest BCUT2D eigenvalue weighted by atomic mass is 32.2. The van der Waals surface area contributed by atoms with Gasteiger partial charge < -0.3 is 4.98 Å². The zero-order chi connectivity index (χ0) is 18.9. The lowest BCUT2D eigenvalue weighted by Gasteiger charge is -2.18. The van der Waals surface area contributed by atoms with Gasteiger partial charge in [0.1, 0.15) is 0 Å². The van der Waals surface area contributed by atoms with Gasteiger partial charge in [-0.25, -0.2) is 8.42 Å². The number of H-pyrrole nitrogens is 1. The van der Waals surface area contributed by atoms with E-state index in [4.69, 9.17) is 0 Å². The molecule has 0 amide bonds. The molecule has 3 aromatic rings. The summed E-state index contributed by atoms with van der Waals surface area (Å²) in [5, 5.41) is 0.617. The Balaban J connectivity index is 2.23. The lowest BCUT2D eigenvalue weighted by atomic mass is 10.0. The molecule has 1 heterocycles. The first-order valence-corrected chi connectivity index (χ1v) is 10.0. The van der Waals surface area contributed by atoms with Crippen LogP contribution in [0.15, 0.2) is 47.4 Å². The number of aromatic amines is 1. The summed E-state index contributed by atoms with van der Waals surface area (Å²) in [6.07, 6.45) is 0.786. The molecule has 1 aromatic heterocycles. The normalized spacial score (nSPS) is 12.0. The Labute approximate surface area is 153 Å². The lowest BCUT2D eigenvalue weighted by Crippen LogP contribution is -2.30. The van der Waals surface area contributed by atoms with Crippen molar-refractivity contribution in [2.75, 3.05) is 13.1 Å². The van der Waals surface area contributed by atoms with Crippen LogP contribution in [-0.4, -0.2) is 37.1 Å². The minimum atomic E-state index is -3.58. The van der Waals surface area contributed by atoms with E-state index in [1.54, 1.807) is 18.2 Å². The summed E-state index contributed by atoms with van der Waals surface area (Å²) in [6, 6.07) is 12.7. The lowest BCUT2D eigenvalue weighted by molar-refractivity contribution is 0.112. The number of benzene rings is 2. The van der Waals surface area contributed by atoms with Gasteiger partial charge in [-0.2, -0.15) is 4.31 Å². The summed E-state index contributed by atoms with van der Waals surface area (Å²) in [5.41, 5.74) is 3.90. The molecule has 0 bridgehead atoms. The van der Waals surface area contributed by atoms with Crippen LogP contribution in [0.1, 0.15) is 29.8 Å². The van der Waals surface area contributed by atoms with Crippen molar-refractivity contribution >= 4 is 27.2 Å². The van der Waals surface area contributed by atoms with Gasteiger partial charge in [0.25, 0.3) is 0 Å². The number of aromatic nitrogens is 1. The van der Waals surface area contributed by atoms with Gasteiger partial charge >= 0.3 is 0 Å². The van der Waals surface area contributed by atoms with E-state index in [-0.39, 0.29) is 4.90 Å². The fraction of sp³-hybridized carbons (Fsp3) is 0.250. The zero-order valence-corrected chi connectivity index (χ0v) is 15.9. The second kappa shape index (κ2) is 7.05. The highest BCUT2D eigenvalue weighted by Gasteiger charge is 2.23. The van der Waals surface area contributed by atoms with E-state index in [9.17, 15) is 13.2 Å². The number of carbonyl (C=O) groups excluding carboxylic acids is 1. The van der Waals surface area contributed by atoms with Crippen LogP contribution in [0.4, 0.5) is 0 Å². The molecule has 0 spiro atoms. The van der Waals surface area contributed by atoms with Crippen molar-refractivity contribution in [2.45, 2.75) is 25.7 Å². The number of nitrogens with zero attached hydrogens (tertiary/aromatic N) is 1. The van der Waals surface area contributed by atoms with Gasteiger partial charge in [-0.15, -0.1) is 0 Å². The smallest absolute Gasteiger partial charge is 0.243 e. The minimum Gasteiger partial charge on any atom is -0.354 e. The third kappa shape index (κ3) is 2.95. The van der Waals surface area contributed by atoms with Crippen molar-refractivity contribution in [3.8, 4) is 11.3 Å². The number of aryl methyl sites for hydroxylation is 1. The summed E-state index contributed by atoms with van der Waals surface area (Å²) in [7, 11) is -3.58. The van der Waals surface area contributed by atoms with Crippen molar-refractivity contribution in [1.82, 2.24) is 9.29 Å². The van der Waals surface area contributed by atoms with Crippen LogP contribution in [0.25, 0.3) is 22.2 Å². The van der Waals surface area contributed by atoms with E-state index in [0.717, 1.165) is 22.9 Å². The van der Waals surface area contributed by atoms with Gasteiger partial charge in [-0.05, 0) is 30.7 Å². The summed E-state index contributed by atoms with van der Waals surface area (Å²) in [4.78, 5) is 15.3. The molecule has 6 heteroatoms. The summed E-state index contributed by atoms with van der Waals surface area (Å²) >= 11 is 0. The molecule has 0 atom stereocenters. The highest BCUT2D eigenvalue weighted by Crippen LogP contribution is 2.32. The number of fused-ring (bicyclic) bond motifs is 1. The first-order chi connectivity index (χ1) is 12.4. The summed E-state index contributed by atoms with van der Waals surface area (Å²) in [5.74, 6) is 0. The van der Waals surface area contributed by atoms with E-state index < -0.39 is 10.0 Å². The molecule has 136 valence electrons. The number of hydrogen-bond donors (Lipinski definition) is 1. The maximum Gasteiger partial charge on any atom is 0.243 e. The summed E-state index contributed by atoms with van der Waals surface area (Å²) in [6.45, 7) is 6.40. The molecule has 1 N–H and O–H groups in total. The predicted octanol–water partition coefficient (Wildman–Crippen LogP) is 3.99. The minimum absolute atomic E-state index is 0.201. The standard InChI is InChI=1S/C20H22N2O3S/c1-4-22(5-2)26(24,25)15-10-11-19-17(12-15)18(13-23)20(21-19)16-9-7-6-8-14(16)3/h6-13,21H,4-5H2,1-3H3. The Morgan fingerprint density at radius 2 is 1.77 bits per heavy atom. The number of rotatable bonds is 6. The van der Waals surface area contributed by atoms with Gasteiger partial charge in [0.2, 0.25) is 10.0 Å². The van der Waals surface area contributed by atoms with Gasteiger partial charge in [0, 0.05) is 35.1 Å². The molecule has 0 fully saturated rings. The second-order valence-electron chi connectivity index (χ2n) is 6.14. The SMILES string of the molecule is CCN(CC)S(=O)(=O)c1ccc2[nH]c(-c3ccccc3C)c(C=O)c2c1.